The molecule has 1 amide bonds. The summed E-state index contributed by atoms with van der Waals surface area (Å²) in [7, 11) is 0. The van der Waals surface area contributed by atoms with E-state index in [1.54, 1.807) is 0 Å². The monoisotopic (exact) mass is 558 g/mol. The van der Waals surface area contributed by atoms with Crippen molar-refractivity contribution in [2.75, 3.05) is 57.3 Å². The lowest BCUT2D eigenvalue weighted by molar-refractivity contribution is -0.125. The Morgan fingerprint density at radius 3 is 2.58 bits per heavy atom. The Morgan fingerprint density at radius 1 is 1.08 bits per heavy atom. The molecule has 1 aromatic heterocycles. The molecule has 36 heavy (non-hydrogen) atoms. The summed E-state index contributed by atoms with van der Waals surface area (Å²) in [4.78, 5) is 22.0. The predicted molar refractivity (Wildman–Crippen MR) is 147 cm³/mol. The molecule has 3 saturated heterocycles. The van der Waals surface area contributed by atoms with Gasteiger partial charge < -0.3 is 25.0 Å². The number of hydrogen-bond acceptors (Lipinski definition) is 7. The maximum absolute atomic E-state index is 12.8. The van der Waals surface area contributed by atoms with Gasteiger partial charge in [0.25, 0.3) is 0 Å². The van der Waals surface area contributed by atoms with Crippen molar-refractivity contribution in [3.63, 3.8) is 0 Å². The van der Waals surface area contributed by atoms with Crippen molar-refractivity contribution in [2.24, 2.45) is 17.8 Å². The number of aromatic nitrogens is 2. The molecule has 2 atom stereocenters. The van der Waals surface area contributed by atoms with Crippen molar-refractivity contribution in [2.45, 2.75) is 32.1 Å². The van der Waals surface area contributed by atoms with Gasteiger partial charge in [-0.2, -0.15) is 4.98 Å². The van der Waals surface area contributed by atoms with E-state index in [1.807, 2.05) is 24.3 Å². The minimum Gasteiger partial charge on any atom is -0.356 e. The zero-order valence-electron chi connectivity index (χ0n) is 20.5. The van der Waals surface area contributed by atoms with Crippen LogP contribution in [0, 0.1) is 17.8 Å². The number of benzene rings is 1. The van der Waals surface area contributed by atoms with Crippen LogP contribution in [-0.2, 0) is 4.79 Å². The van der Waals surface area contributed by atoms with Crippen LogP contribution < -0.4 is 15.5 Å². The van der Waals surface area contributed by atoms with E-state index < -0.39 is 0 Å². The number of carbonyl (C=O) groups is 1. The summed E-state index contributed by atoms with van der Waals surface area (Å²) in [6.45, 7) is 8.09. The van der Waals surface area contributed by atoms with Gasteiger partial charge >= 0.3 is 6.01 Å². The Labute approximate surface area is 230 Å². The molecule has 200 valence electrons. The van der Waals surface area contributed by atoms with E-state index in [9.17, 15) is 4.79 Å². The Hall–Kier alpha value is -1.58. The van der Waals surface area contributed by atoms with Crippen LogP contribution in [0.4, 0.5) is 6.01 Å². The van der Waals surface area contributed by atoms with Gasteiger partial charge in [0.05, 0.1) is 0 Å². The predicted octanol–water partition coefficient (Wildman–Crippen LogP) is 3.89. The fourth-order valence-electron chi connectivity index (χ4n) is 5.47. The van der Waals surface area contributed by atoms with Crippen LogP contribution in [0.5, 0.6) is 0 Å². The summed E-state index contributed by atoms with van der Waals surface area (Å²) in [5.41, 5.74) is 0.870. The van der Waals surface area contributed by atoms with Crippen molar-refractivity contribution in [1.29, 1.82) is 0 Å². The van der Waals surface area contributed by atoms with Crippen molar-refractivity contribution < 1.29 is 9.32 Å². The lowest BCUT2D eigenvalue weighted by Gasteiger charge is -2.30. The standard InChI is InChI=1S/C25H35ClN6O2.2ClH/c26-22-5-3-20(4-6-22)23-29-25(34-30-23)32-12-8-21(9-13-32)24(33)28-15-19-7-11-31(17-19)16-18-2-1-10-27-14-18;;/h3-6,18-19,21,27H,1-2,7-17H2,(H,28,33);2*1H/t18-,19-;;/m1../s1. The van der Waals surface area contributed by atoms with Gasteiger partial charge in [-0.1, -0.05) is 16.8 Å². The summed E-state index contributed by atoms with van der Waals surface area (Å²) in [5, 5.41) is 11.5. The molecule has 2 aromatic rings. The number of rotatable bonds is 7. The normalized spacial score (nSPS) is 23.1. The van der Waals surface area contributed by atoms with Crippen molar-refractivity contribution in [3.05, 3.63) is 29.3 Å². The number of carbonyl (C=O) groups excluding carboxylic acids is 1. The maximum Gasteiger partial charge on any atom is 0.324 e. The molecule has 8 nitrogen and oxygen atoms in total. The lowest BCUT2D eigenvalue weighted by Crippen LogP contribution is -2.42. The van der Waals surface area contributed by atoms with Crippen molar-refractivity contribution in [3.8, 4) is 11.4 Å². The molecule has 0 aliphatic carbocycles. The van der Waals surface area contributed by atoms with Crippen LogP contribution in [0.3, 0.4) is 0 Å². The molecule has 5 rings (SSSR count). The first-order chi connectivity index (χ1) is 16.6. The number of likely N-dealkylation sites (tertiary alicyclic amines) is 1. The molecule has 2 N–H and O–H groups in total. The van der Waals surface area contributed by atoms with E-state index in [4.69, 9.17) is 16.1 Å². The number of amides is 1. The van der Waals surface area contributed by atoms with Gasteiger partial charge in [0.2, 0.25) is 11.7 Å². The third-order valence-electron chi connectivity index (χ3n) is 7.50. The second-order valence-corrected chi connectivity index (χ2v) is 10.5. The molecule has 3 fully saturated rings. The van der Waals surface area contributed by atoms with E-state index >= 15 is 0 Å². The summed E-state index contributed by atoms with van der Waals surface area (Å²) in [6, 6.07) is 7.90. The third-order valence-corrected chi connectivity index (χ3v) is 7.76. The molecule has 0 saturated carbocycles. The minimum atomic E-state index is 0. The van der Waals surface area contributed by atoms with Crippen LogP contribution in [0.1, 0.15) is 32.1 Å². The van der Waals surface area contributed by atoms with Crippen LogP contribution in [0.15, 0.2) is 28.8 Å². The summed E-state index contributed by atoms with van der Waals surface area (Å²) in [5.74, 6) is 2.17. The smallest absolute Gasteiger partial charge is 0.324 e. The molecule has 4 heterocycles. The quantitative estimate of drug-likeness (QED) is 0.532. The fraction of sp³-hybridized carbons (Fsp3) is 0.640. The molecule has 3 aliphatic heterocycles. The van der Waals surface area contributed by atoms with Gasteiger partial charge in [-0.3, -0.25) is 4.79 Å². The van der Waals surface area contributed by atoms with Crippen molar-refractivity contribution >= 4 is 48.3 Å². The van der Waals surface area contributed by atoms with E-state index in [0.717, 1.165) is 63.6 Å². The zero-order chi connectivity index (χ0) is 23.3. The second-order valence-electron chi connectivity index (χ2n) is 10.0. The Bertz CT molecular complexity index is 946. The maximum atomic E-state index is 12.8. The fourth-order valence-corrected chi connectivity index (χ4v) is 5.60. The van der Waals surface area contributed by atoms with Crippen LogP contribution >= 0.6 is 36.4 Å². The van der Waals surface area contributed by atoms with Gasteiger partial charge in [0, 0.05) is 49.2 Å². The van der Waals surface area contributed by atoms with Gasteiger partial charge in [0.1, 0.15) is 0 Å². The van der Waals surface area contributed by atoms with E-state index in [2.05, 4.69) is 30.6 Å². The molecule has 3 aliphatic rings. The number of piperidine rings is 2. The number of nitrogens with zero attached hydrogens (tertiary/aromatic N) is 4. The van der Waals surface area contributed by atoms with Crippen LogP contribution in [-0.4, -0.2) is 73.3 Å². The Kier molecular flexibility index (Phi) is 11.1. The molecule has 11 heteroatoms. The first-order valence-electron chi connectivity index (χ1n) is 12.7. The SMILES string of the molecule is Cl.Cl.O=C(NC[C@H]1CCN(C[C@@H]2CCCNC2)C1)C1CCN(c2nc(-c3ccc(Cl)cc3)no2)CC1. The molecule has 0 bridgehead atoms. The summed E-state index contributed by atoms with van der Waals surface area (Å²) >= 11 is 5.96. The Balaban J connectivity index is 0.00000180. The number of halogens is 3. The van der Waals surface area contributed by atoms with Gasteiger partial charge in [-0.15, -0.1) is 24.8 Å². The number of nitrogens with one attached hydrogen (secondary N) is 2. The summed E-state index contributed by atoms with van der Waals surface area (Å²) in [6.07, 6.45) is 5.43. The van der Waals surface area contributed by atoms with Crippen LogP contribution in [0.25, 0.3) is 11.4 Å². The molecular formula is C25H37Cl3N6O2. The summed E-state index contributed by atoms with van der Waals surface area (Å²) < 4.78 is 5.49. The van der Waals surface area contributed by atoms with E-state index in [-0.39, 0.29) is 36.6 Å². The minimum absolute atomic E-state index is 0. The van der Waals surface area contributed by atoms with Gasteiger partial charge in [-0.25, -0.2) is 0 Å². The van der Waals surface area contributed by atoms with Gasteiger partial charge in [-0.05, 0) is 87.8 Å². The average Bonchev–Trinajstić information content (AvgIpc) is 3.54. The highest BCUT2D eigenvalue weighted by molar-refractivity contribution is 6.30. The highest BCUT2D eigenvalue weighted by Gasteiger charge is 2.29. The van der Waals surface area contributed by atoms with Gasteiger partial charge in [0.15, 0.2) is 0 Å². The molecule has 0 radical (unpaired) electrons. The zero-order valence-corrected chi connectivity index (χ0v) is 22.9. The van der Waals surface area contributed by atoms with E-state index in [0.29, 0.717) is 22.8 Å². The first kappa shape index (κ1) is 29.0. The highest BCUT2D eigenvalue weighted by Crippen LogP contribution is 2.26. The molecule has 1 aromatic carbocycles. The Morgan fingerprint density at radius 2 is 1.86 bits per heavy atom. The average molecular weight is 560 g/mol. The highest BCUT2D eigenvalue weighted by atomic mass is 35.5. The second kappa shape index (κ2) is 13.8. The third kappa shape index (κ3) is 7.48. The van der Waals surface area contributed by atoms with E-state index in [1.165, 1.54) is 32.4 Å². The van der Waals surface area contributed by atoms with Crippen molar-refractivity contribution in [1.82, 2.24) is 25.7 Å². The molecular weight excluding hydrogens is 523 g/mol. The lowest BCUT2D eigenvalue weighted by atomic mass is 9.96. The molecule has 0 unspecified atom stereocenters. The number of hydrogen-bond donors (Lipinski definition) is 2. The first-order valence-corrected chi connectivity index (χ1v) is 13.1. The number of anilines is 1. The van der Waals surface area contributed by atoms with Crippen LogP contribution in [0.2, 0.25) is 5.02 Å². The molecule has 0 spiro atoms. The largest absolute Gasteiger partial charge is 0.356 e. The topological polar surface area (TPSA) is 86.5 Å².